The van der Waals surface area contributed by atoms with Gasteiger partial charge >= 0.3 is 0 Å². The first-order valence-electron chi connectivity index (χ1n) is 6.08. The summed E-state index contributed by atoms with van der Waals surface area (Å²) in [7, 11) is 0. The molecule has 3 nitrogen and oxygen atoms in total. The van der Waals surface area contributed by atoms with Crippen LogP contribution < -0.4 is 10.5 Å². The molecule has 0 aliphatic carbocycles. The lowest BCUT2D eigenvalue weighted by molar-refractivity contribution is -0.0802. The smallest absolute Gasteiger partial charge is 0.145 e. The SMILES string of the molecule is CC(C)(C)c1ccc(CN)cc1OC1COC1. The van der Waals surface area contributed by atoms with Gasteiger partial charge < -0.3 is 15.2 Å². The van der Waals surface area contributed by atoms with Gasteiger partial charge in [-0.2, -0.15) is 0 Å². The number of rotatable bonds is 3. The van der Waals surface area contributed by atoms with E-state index in [4.69, 9.17) is 15.2 Å². The largest absolute Gasteiger partial charge is 0.485 e. The fourth-order valence-electron chi connectivity index (χ4n) is 1.87. The highest BCUT2D eigenvalue weighted by Gasteiger charge is 2.25. The second-order valence-electron chi connectivity index (χ2n) is 5.56. The highest BCUT2D eigenvalue weighted by molar-refractivity contribution is 5.42. The van der Waals surface area contributed by atoms with Crippen molar-refractivity contribution in [2.75, 3.05) is 13.2 Å². The fraction of sp³-hybridized carbons (Fsp3) is 0.571. The second-order valence-corrected chi connectivity index (χ2v) is 5.56. The summed E-state index contributed by atoms with van der Waals surface area (Å²) in [5, 5.41) is 0. The maximum Gasteiger partial charge on any atom is 0.145 e. The van der Waals surface area contributed by atoms with Crippen LogP contribution in [0, 0.1) is 0 Å². The van der Waals surface area contributed by atoms with Crippen molar-refractivity contribution in [3.05, 3.63) is 29.3 Å². The van der Waals surface area contributed by atoms with Gasteiger partial charge in [0.1, 0.15) is 11.9 Å². The third kappa shape index (κ3) is 2.79. The van der Waals surface area contributed by atoms with Crippen molar-refractivity contribution >= 4 is 0 Å². The van der Waals surface area contributed by atoms with Crippen LogP contribution in [0.5, 0.6) is 5.75 Å². The zero-order chi connectivity index (χ0) is 12.5. The van der Waals surface area contributed by atoms with Gasteiger partial charge in [0.2, 0.25) is 0 Å². The normalized spacial score (nSPS) is 16.7. The van der Waals surface area contributed by atoms with E-state index in [9.17, 15) is 0 Å². The molecule has 0 unspecified atom stereocenters. The van der Waals surface area contributed by atoms with Gasteiger partial charge in [-0.1, -0.05) is 32.9 Å². The number of benzene rings is 1. The van der Waals surface area contributed by atoms with Crippen LogP contribution in [0.2, 0.25) is 0 Å². The molecule has 0 atom stereocenters. The van der Waals surface area contributed by atoms with Gasteiger partial charge in [-0.3, -0.25) is 0 Å². The average molecular weight is 235 g/mol. The fourth-order valence-corrected chi connectivity index (χ4v) is 1.87. The van der Waals surface area contributed by atoms with Gasteiger partial charge in [0.05, 0.1) is 13.2 Å². The van der Waals surface area contributed by atoms with E-state index < -0.39 is 0 Å². The predicted octanol–water partition coefficient (Wildman–Crippen LogP) is 2.22. The molecular weight excluding hydrogens is 214 g/mol. The molecule has 0 spiro atoms. The van der Waals surface area contributed by atoms with Crippen LogP contribution in [0.3, 0.4) is 0 Å². The molecule has 1 saturated heterocycles. The third-order valence-electron chi connectivity index (χ3n) is 2.99. The summed E-state index contributed by atoms with van der Waals surface area (Å²) in [5.74, 6) is 0.953. The van der Waals surface area contributed by atoms with E-state index in [0.29, 0.717) is 19.8 Å². The van der Waals surface area contributed by atoms with Gasteiger partial charge in [-0.15, -0.1) is 0 Å². The van der Waals surface area contributed by atoms with Crippen molar-refractivity contribution in [3.63, 3.8) is 0 Å². The van der Waals surface area contributed by atoms with E-state index in [-0.39, 0.29) is 11.5 Å². The summed E-state index contributed by atoms with van der Waals surface area (Å²) < 4.78 is 11.1. The lowest BCUT2D eigenvalue weighted by Crippen LogP contribution is -2.39. The van der Waals surface area contributed by atoms with E-state index in [2.05, 4.69) is 39.0 Å². The zero-order valence-electron chi connectivity index (χ0n) is 10.8. The minimum Gasteiger partial charge on any atom is -0.485 e. The molecule has 0 saturated carbocycles. The highest BCUT2D eigenvalue weighted by atomic mass is 16.6. The topological polar surface area (TPSA) is 44.5 Å². The molecule has 2 N–H and O–H groups in total. The van der Waals surface area contributed by atoms with Crippen molar-refractivity contribution in [2.24, 2.45) is 5.73 Å². The van der Waals surface area contributed by atoms with Crippen LogP contribution in [0.15, 0.2) is 18.2 Å². The number of hydrogen-bond acceptors (Lipinski definition) is 3. The van der Waals surface area contributed by atoms with Gasteiger partial charge in [0.15, 0.2) is 0 Å². The van der Waals surface area contributed by atoms with Gasteiger partial charge in [-0.05, 0) is 22.6 Å². The summed E-state index contributed by atoms with van der Waals surface area (Å²) in [6.45, 7) is 8.49. The first-order chi connectivity index (χ1) is 8.00. The molecule has 17 heavy (non-hydrogen) atoms. The molecule has 94 valence electrons. The lowest BCUT2D eigenvalue weighted by atomic mass is 9.85. The van der Waals surface area contributed by atoms with Crippen molar-refractivity contribution in [2.45, 2.75) is 38.8 Å². The molecule has 0 radical (unpaired) electrons. The van der Waals surface area contributed by atoms with Crippen LogP contribution in [0.25, 0.3) is 0 Å². The standard InChI is InChI=1S/C14H21NO2/c1-14(2,3)12-5-4-10(7-15)6-13(12)17-11-8-16-9-11/h4-6,11H,7-9,15H2,1-3H3. The Kier molecular flexibility index (Phi) is 3.40. The summed E-state index contributed by atoms with van der Waals surface area (Å²) in [5.41, 5.74) is 8.08. The monoisotopic (exact) mass is 235 g/mol. The van der Waals surface area contributed by atoms with Crippen molar-refractivity contribution in [1.29, 1.82) is 0 Å². The summed E-state index contributed by atoms with van der Waals surface area (Å²) >= 11 is 0. The van der Waals surface area contributed by atoms with Gasteiger partial charge in [-0.25, -0.2) is 0 Å². The van der Waals surface area contributed by atoms with Crippen LogP contribution >= 0.6 is 0 Å². The average Bonchev–Trinajstić information content (AvgIpc) is 2.21. The van der Waals surface area contributed by atoms with E-state index in [0.717, 1.165) is 11.3 Å². The molecule has 3 heteroatoms. The highest BCUT2D eigenvalue weighted by Crippen LogP contribution is 2.33. The Morgan fingerprint density at radius 3 is 2.53 bits per heavy atom. The Balaban J connectivity index is 2.29. The van der Waals surface area contributed by atoms with E-state index in [1.165, 1.54) is 5.56 Å². The summed E-state index contributed by atoms with van der Waals surface area (Å²) in [4.78, 5) is 0. The van der Waals surface area contributed by atoms with E-state index in [1.807, 2.05) is 0 Å². The van der Waals surface area contributed by atoms with Gasteiger partial charge in [0, 0.05) is 6.54 Å². The first kappa shape index (κ1) is 12.4. The quantitative estimate of drug-likeness (QED) is 0.873. The lowest BCUT2D eigenvalue weighted by Gasteiger charge is -2.30. The van der Waals surface area contributed by atoms with Crippen LogP contribution in [0.1, 0.15) is 31.9 Å². The molecule has 2 rings (SSSR count). The number of nitrogens with two attached hydrogens (primary N) is 1. The molecule has 0 bridgehead atoms. The maximum absolute atomic E-state index is 5.97. The van der Waals surface area contributed by atoms with Crippen molar-refractivity contribution in [1.82, 2.24) is 0 Å². The molecule has 0 aromatic heterocycles. The molecular formula is C14H21NO2. The first-order valence-corrected chi connectivity index (χ1v) is 6.08. The van der Waals surface area contributed by atoms with E-state index >= 15 is 0 Å². The van der Waals surface area contributed by atoms with E-state index in [1.54, 1.807) is 0 Å². The minimum absolute atomic E-state index is 0.0765. The number of hydrogen-bond donors (Lipinski definition) is 1. The molecule has 1 aromatic carbocycles. The second kappa shape index (κ2) is 4.67. The molecule has 1 aliphatic rings. The van der Waals surface area contributed by atoms with Crippen molar-refractivity contribution < 1.29 is 9.47 Å². The Bertz CT molecular complexity index is 392. The molecule has 0 amide bonds. The Hall–Kier alpha value is -1.06. The van der Waals surface area contributed by atoms with Crippen LogP contribution in [0.4, 0.5) is 0 Å². The van der Waals surface area contributed by atoms with Gasteiger partial charge in [0.25, 0.3) is 0 Å². The summed E-state index contributed by atoms with van der Waals surface area (Å²) in [6.07, 6.45) is 0.198. The molecule has 1 heterocycles. The van der Waals surface area contributed by atoms with Crippen LogP contribution in [-0.2, 0) is 16.7 Å². The third-order valence-corrected chi connectivity index (χ3v) is 2.99. The molecule has 1 aliphatic heterocycles. The predicted molar refractivity (Wildman–Crippen MR) is 68.3 cm³/mol. The van der Waals surface area contributed by atoms with Crippen molar-refractivity contribution in [3.8, 4) is 5.75 Å². The molecule has 1 aromatic rings. The minimum atomic E-state index is 0.0765. The molecule has 1 fully saturated rings. The zero-order valence-corrected chi connectivity index (χ0v) is 10.8. The Labute approximate surface area is 103 Å². The Morgan fingerprint density at radius 2 is 2.06 bits per heavy atom. The Morgan fingerprint density at radius 1 is 1.35 bits per heavy atom. The number of ether oxygens (including phenoxy) is 2. The van der Waals surface area contributed by atoms with Crippen LogP contribution in [-0.4, -0.2) is 19.3 Å². The summed E-state index contributed by atoms with van der Waals surface area (Å²) in [6, 6.07) is 6.25. The maximum atomic E-state index is 5.97.